The zero-order valence-electron chi connectivity index (χ0n) is 17.7. The van der Waals surface area contributed by atoms with Gasteiger partial charge in [-0.1, -0.05) is 25.1 Å². The molecule has 174 valence electrons. The number of rotatable bonds is 4. The minimum atomic E-state index is -4.55. The average Bonchev–Trinajstić information content (AvgIpc) is 3.34. The molecule has 10 heteroatoms. The van der Waals surface area contributed by atoms with Crippen molar-refractivity contribution in [3.63, 3.8) is 0 Å². The molecule has 0 atom stereocenters. The molecule has 0 bridgehead atoms. The van der Waals surface area contributed by atoms with Gasteiger partial charge in [0.1, 0.15) is 18.1 Å². The molecule has 0 radical (unpaired) electrons. The number of nitrogens with zero attached hydrogens (tertiary/aromatic N) is 2. The van der Waals surface area contributed by atoms with Gasteiger partial charge < -0.3 is 9.32 Å². The largest absolute Gasteiger partial charge is 0.457 e. The van der Waals surface area contributed by atoms with Crippen LogP contribution < -0.4 is 0 Å². The van der Waals surface area contributed by atoms with Gasteiger partial charge in [0.15, 0.2) is 0 Å². The molecule has 6 nitrogen and oxygen atoms in total. The number of halogens is 3. The average molecular weight is 478 g/mol. The molecule has 0 saturated carbocycles. The molecule has 0 N–H and O–H groups in total. The lowest BCUT2D eigenvalue weighted by Gasteiger charge is -2.31. The molecule has 0 spiro atoms. The van der Waals surface area contributed by atoms with E-state index in [0.29, 0.717) is 30.8 Å². The molecule has 0 aliphatic carbocycles. The number of furan rings is 1. The highest BCUT2D eigenvalue weighted by Crippen LogP contribution is 2.38. The Labute approximate surface area is 192 Å². The monoisotopic (exact) mass is 478 g/mol. The van der Waals surface area contributed by atoms with Crippen molar-refractivity contribution in [3.8, 4) is 11.3 Å². The third kappa shape index (κ3) is 5.00. The van der Waals surface area contributed by atoms with Crippen LogP contribution in [0.25, 0.3) is 17.4 Å². The Kier molecular flexibility index (Phi) is 6.38. The molecular weight excluding hydrogens is 457 g/mol. The lowest BCUT2D eigenvalue weighted by molar-refractivity contribution is -0.137. The zero-order valence-corrected chi connectivity index (χ0v) is 18.5. The summed E-state index contributed by atoms with van der Waals surface area (Å²) in [6.07, 6.45) is -1.49. The molecule has 1 aromatic carbocycles. The lowest BCUT2D eigenvalue weighted by Crippen LogP contribution is -2.45. The van der Waals surface area contributed by atoms with Crippen molar-refractivity contribution in [1.82, 2.24) is 9.80 Å². The fraction of sp³-hybridized carbons (Fsp3) is 0.348. The molecule has 3 amide bonds. The summed E-state index contributed by atoms with van der Waals surface area (Å²) in [4.78, 5) is 40.2. The van der Waals surface area contributed by atoms with Crippen LogP contribution in [0.4, 0.5) is 18.0 Å². The van der Waals surface area contributed by atoms with E-state index in [0.717, 1.165) is 23.8 Å². The van der Waals surface area contributed by atoms with Gasteiger partial charge in [-0.05, 0) is 48.7 Å². The molecule has 1 aromatic heterocycles. The Bertz CT molecular complexity index is 1120. The predicted octanol–water partition coefficient (Wildman–Crippen LogP) is 5.26. The van der Waals surface area contributed by atoms with Crippen LogP contribution in [-0.2, 0) is 15.8 Å². The van der Waals surface area contributed by atoms with Gasteiger partial charge in [0.05, 0.1) is 10.5 Å². The fourth-order valence-corrected chi connectivity index (χ4v) is 4.60. The molecule has 4 rings (SSSR count). The fourth-order valence-electron chi connectivity index (χ4n) is 3.78. The molecular formula is C23H21F3N2O4S. The normalized spacial score (nSPS) is 19.1. The van der Waals surface area contributed by atoms with Gasteiger partial charge in [0.25, 0.3) is 11.1 Å². The second kappa shape index (κ2) is 9.09. The van der Waals surface area contributed by atoms with Crippen molar-refractivity contribution in [2.45, 2.75) is 25.9 Å². The van der Waals surface area contributed by atoms with Crippen molar-refractivity contribution >= 4 is 34.9 Å². The number of benzene rings is 1. The summed E-state index contributed by atoms with van der Waals surface area (Å²) in [7, 11) is 0. The van der Waals surface area contributed by atoms with Crippen LogP contribution in [0.15, 0.2) is 45.7 Å². The summed E-state index contributed by atoms with van der Waals surface area (Å²) in [6.45, 7) is 2.98. The van der Waals surface area contributed by atoms with E-state index in [-0.39, 0.29) is 34.4 Å². The molecule has 3 heterocycles. The topological polar surface area (TPSA) is 70.8 Å². The second-order valence-corrected chi connectivity index (χ2v) is 9.07. The highest BCUT2D eigenvalue weighted by molar-refractivity contribution is 8.18. The number of hydrogen-bond donors (Lipinski definition) is 0. The first-order valence-corrected chi connectivity index (χ1v) is 11.2. The van der Waals surface area contributed by atoms with Crippen molar-refractivity contribution in [2.24, 2.45) is 5.92 Å². The second-order valence-electron chi connectivity index (χ2n) is 8.08. The Morgan fingerprint density at radius 3 is 2.55 bits per heavy atom. The summed E-state index contributed by atoms with van der Waals surface area (Å²) in [5, 5.41) is -0.570. The van der Waals surface area contributed by atoms with Crippen LogP contribution in [0, 0.1) is 5.92 Å². The number of carbonyl (C=O) groups excluding carboxylic acids is 3. The minimum absolute atomic E-state index is 0.0112. The van der Waals surface area contributed by atoms with Gasteiger partial charge in [-0.2, -0.15) is 13.2 Å². The van der Waals surface area contributed by atoms with Gasteiger partial charge in [0, 0.05) is 24.7 Å². The van der Waals surface area contributed by atoms with Crippen molar-refractivity contribution in [1.29, 1.82) is 0 Å². The number of likely N-dealkylation sites (tertiary alicyclic amines) is 1. The molecule has 2 fully saturated rings. The van der Waals surface area contributed by atoms with E-state index >= 15 is 0 Å². The van der Waals surface area contributed by atoms with Crippen LogP contribution in [0.3, 0.4) is 0 Å². The Hall–Kier alpha value is -3.01. The first-order valence-electron chi connectivity index (χ1n) is 10.4. The van der Waals surface area contributed by atoms with Gasteiger partial charge >= 0.3 is 6.18 Å². The molecule has 2 saturated heterocycles. The maximum Gasteiger partial charge on any atom is 0.417 e. The summed E-state index contributed by atoms with van der Waals surface area (Å²) in [6, 6.07) is 7.82. The Balaban J connectivity index is 1.49. The predicted molar refractivity (Wildman–Crippen MR) is 117 cm³/mol. The van der Waals surface area contributed by atoms with Crippen molar-refractivity contribution < 1.29 is 32.0 Å². The maximum absolute atomic E-state index is 13.3. The smallest absolute Gasteiger partial charge is 0.417 e. The van der Waals surface area contributed by atoms with Gasteiger partial charge in [-0.15, -0.1) is 0 Å². The molecule has 2 aromatic rings. The van der Waals surface area contributed by atoms with Gasteiger partial charge in [0.2, 0.25) is 5.91 Å². The molecule has 2 aliphatic rings. The van der Waals surface area contributed by atoms with E-state index < -0.39 is 22.9 Å². The maximum atomic E-state index is 13.3. The van der Waals surface area contributed by atoms with E-state index in [1.54, 1.807) is 4.90 Å². The van der Waals surface area contributed by atoms with Crippen LogP contribution >= 0.6 is 11.8 Å². The molecule has 33 heavy (non-hydrogen) atoms. The lowest BCUT2D eigenvalue weighted by atomic mass is 9.99. The summed E-state index contributed by atoms with van der Waals surface area (Å²) in [5.41, 5.74) is -0.962. The molecule has 0 unspecified atom stereocenters. The van der Waals surface area contributed by atoms with E-state index in [1.165, 1.54) is 36.4 Å². The highest BCUT2D eigenvalue weighted by atomic mass is 32.2. The van der Waals surface area contributed by atoms with Gasteiger partial charge in [-0.3, -0.25) is 19.3 Å². The van der Waals surface area contributed by atoms with Crippen LogP contribution in [0.5, 0.6) is 0 Å². The number of alkyl halides is 3. The summed E-state index contributed by atoms with van der Waals surface area (Å²) in [5.74, 6) is -0.255. The van der Waals surface area contributed by atoms with Crippen LogP contribution in [-0.4, -0.2) is 46.5 Å². The Morgan fingerprint density at radius 1 is 1.15 bits per heavy atom. The SMILES string of the molecule is CC1CCN(C(=O)CN2C(=O)S/C(=C/c3ccc(-c4ccccc4C(F)(F)F)o3)C2=O)CC1. The summed E-state index contributed by atoms with van der Waals surface area (Å²) >= 11 is 0.666. The van der Waals surface area contributed by atoms with E-state index in [1.807, 2.05) is 0 Å². The number of piperidine rings is 1. The number of hydrogen-bond acceptors (Lipinski definition) is 5. The summed E-state index contributed by atoms with van der Waals surface area (Å²) < 4.78 is 45.4. The minimum Gasteiger partial charge on any atom is -0.457 e. The van der Waals surface area contributed by atoms with E-state index in [4.69, 9.17) is 4.42 Å². The number of carbonyl (C=O) groups is 3. The highest BCUT2D eigenvalue weighted by Gasteiger charge is 2.38. The first-order chi connectivity index (χ1) is 15.6. The zero-order chi connectivity index (χ0) is 23.8. The van der Waals surface area contributed by atoms with E-state index in [9.17, 15) is 27.6 Å². The van der Waals surface area contributed by atoms with Crippen molar-refractivity contribution in [3.05, 3.63) is 52.6 Å². The number of imide groups is 1. The number of thioether (sulfide) groups is 1. The molecule has 2 aliphatic heterocycles. The van der Waals surface area contributed by atoms with Crippen LogP contribution in [0.1, 0.15) is 31.1 Å². The van der Waals surface area contributed by atoms with Crippen LogP contribution in [0.2, 0.25) is 0 Å². The quantitative estimate of drug-likeness (QED) is 0.561. The standard InChI is InChI=1S/C23H21F3N2O4S/c1-14-8-10-27(11-9-14)20(29)13-28-21(30)19(33-22(28)31)12-15-6-7-18(32-15)16-4-2-3-5-17(16)23(24,25)26/h2-7,12,14H,8-11,13H2,1H3/b19-12+. The first kappa shape index (κ1) is 23.2. The van der Waals surface area contributed by atoms with Crippen molar-refractivity contribution in [2.75, 3.05) is 19.6 Å². The Morgan fingerprint density at radius 2 is 1.85 bits per heavy atom. The third-order valence-electron chi connectivity index (χ3n) is 5.70. The van der Waals surface area contributed by atoms with Gasteiger partial charge in [-0.25, -0.2) is 0 Å². The third-order valence-corrected chi connectivity index (χ3v) is 6.61. The number of amides is 3. The van der Waals surface area contributed by atoms with E-state index in [2.05, 4.69) is 6.92 Å².